The molecular weight excluding hydrogens is 220 g/mol. The summed E-state index contributed by atoms with van der Waals surface area (Å²) < 4.78 is 5.03. The van der Waals surface area contributed by atoms with E-state index in [1.165, 1.54) is 0 Å². The first-order chi connectivity index (χ1) is 8.10. The SMILES string of the molecule is CCOC(=O)[C@@H]1CCCN(C(C)C(=O)NC)C1. The predicted octanol–water partition coefficient (Wildman–Crippen LogP) is 0.396. The van der Waals surface area contributed by atoms with Gasteiger partial charge in [-0.2, -0.15) is 0 Å². The van der Waals surface area contributed by atoms with Crippen LogP contribution in [0.1, 0.15) is 26.7 Å². The zero-order valence-corrected chi connectivity index (χ0v) is 10.9. The van der Waals surface area contributed by atoms with E-state index in [1.807, 2.05) is 18.7 Å². The first-order valence-corrected chi connectivity index (χ1v) is 6.22. The summed E-state index contributed by atoms with van der Waals surface area (Å²) in [7, 11) is 1.63. The zero-order valence-electron chi connectivity index (χ0n) is 10.9. The van der Waals surface area contributed by atoms with Crippen LogP contribution in [0, 0.1) is 5.92 Å². The van der Waals surface area contributed by atoms with Crippen LogP contribution in [0.2, 0.25) is 0 Å². The maximum absolute atomic E-state index is 11.7. The lowest BCUT2D eigenvalue weighted by molar-refractivity contribution is -0.151. The van der Waals surface area contributed by atoms with Crippen LogP contribution in [0.15, 0.2) is 0 Å². The number of ether oxygens (including phenoxy) is 1. The Morgan fingerprint density at radius 2 is 2.24 bits per heavy atom. The lowest BCUT2D eigenvalue weighted by Crippen LogP contribution is -2.49. The second kappa shape index (κ2) is 6.59. The van der Waals surface area contributed by atoms with Crippen molar-refractivity contribution < 1.29 is 14.3 Å². The van der Waals surface area contributed by atoms with E-state index in [4.69, 9.17) is 4.74 Å². The summed E-state index contributed by atoms with van der Waals surface area (Å²) in [6.07, 6.45) is 1.79. The number of carbonyl (C=O) groups is 2. The molecule has 1 fully saturated rings. The minimum absolute atomic E-state index is 0.00508. The van der Waals surface area contributed by atoms with Crippen molar-refractivity contribution in [2.24, 2.45) is 5.92 Å². The Hall–Kier alpha value is -1.10. The monoisotopic (exact) mass is 242 g/mol. The molecule has 1 aliphatic heterocycles. The Morgan fingerprint density at radius 3 is 2.82 bits per heavy atom. The van der Waals surface area contributed by atoms with Crippen LogP contribution < -0.4 is 5.32 Å². The molecule has 1 saturated heterocycles. The van der Waals surface area contributed by atoms with Crippen LogP contribution in [0.3, 0.4) is 0 Å². The van der Waals surface area contributed by atoms with E-state index in [0.717, 1.165) is 19.4 Å². The van der Waals surface area contributed by atoms with Gasteiger partial charge in [0.15, 0.2) is 0 Å². The molecule has 1 aliphatic rings. The van der Waals surface area contributed by atoms with Gasteiger partial charge in [0.25, 0.3) is 0 Å². The van der Waals surface area contributed by atoms with Crippen molar-refractivity contribution in [3.63, 3.8) is 0 Å². The summed E-state index contributed by atoms with van der Waals surface area (Å²) in [6.45, 7) is 5.58. The molecule has 0 aliphatic carbocycles. The van der Waals surface area contributed by atoms with E-state index in [1.54, 1.807) is 7.05 Å². The molecule has 1 heterocycles. The number of piperidine rings is 1. The number of hydrogen-bond acceptors (Lipinski definition) is 4. The summed E-state index contributed by atoms with van der Waals surface area (Å²) in [5.41, 5.74) is 0. The molecule has 0 aromatic heterocycles. The smallest absolute Gasteiger partial charge is 0.310 e. The number of nitrogens with one attached hydrogen (secondary N) is 1. The number of likely N-dealkylation sites (N-methyl/N-ethyl adjacent to an activating group) is 1. The fourth-order valence-corrected chi connectivity index (χ4v) is 2.19. The molecule has 0 radical (unpaired) electrons. The van der Waals surface area contributed by atoms with Crippen LogP contribution in [0.5, 0.6) is 0 Å². The van der Waals surface area contributed by atoms with Gasteiger partial charge in [-0.1, -0.05) is 0 Å². The largest absolute Gasteiger partial charge is 0.466 e. The van der Waals surface area contributed by atoms with Crippen molar-refractivity contribution in [2.75, 3.05) is 26.7 Å². The number of hydrogen-bond donors (Lipinski definition) is 1. The second-order valence-corrected chi connectivity index (χ2v) is 4.38. The highest BCUT2D eigenvalue weighted by atomic mass is 16.5. The fraction of sp³-hybridized carbons (Fsp3) is 0.833. The van der Waals surface area contributed by atoms with E-state index in [-0.39, 0.29) is 23.8 Å². The number of esters is 1. The number of rotatable bonds is 4. The van der Waals surface area contributed by atoms with Gasteiger partial charge in [0.05, 0.1) is 18.6 Å². The molecule has 5 heteroatoms. The summed E-state index contributed by atoms with van der Waals surface area (Å²) in [5, 5.41) is 2.63. The van der Waals surface area contributed by atoms with Crippen molar-refractivity contribution in [3.8, 4) is 0 Å². The zero-order chi connectivity index (χ0) is 12.8. The molecule has 1 amide bonds. The molecule has 98 valence electrons. The number of likely N-dealkylation sites (tertiary alicyclic amines) is 1. The molecule has 0 aromatic rings. The van der Waals surface area contributed by atoms with E-state index in [2.05, 4.69) is 5.32 Å². The molecule has 0 spiro atoms. The van der Waals surface area contributed by atoms with Crippen molar-refractivity contribution in [1.82, 2.24) is 10.2 Å². The minimum Gasteiger partial charge on any atom is -0.466 e. The van der Waals surface area contributed by atoms with Crippen molar-refractivity contribution in [1.29, 1.82) is 0 Å². The Bertz CT molecular complexity index is 281. The molecule has 5 nitrogen and oxygen atoms in total. The van der Waals surface area contributed by atoms with Gasteiger partial charge in [-0.3, -0.25) is 14.5 Å². The standard InChI is InChI=1S/C12H22N2O3/c1-4-17-12(16)10-6-5-7-14(8-10)9(2)11(15)13-3/h9-10H,4-8H2,1-3H3,(H,13,15)/t9?,10-/m1/s1. The van der Waals surface area contributed by atoms with Crippen LogP contribution >= 0.6 is 0 Å². The summed E-state index contributed by atoms with van der Waals surface area (Å²) in [6, 6.07) is -0.183. The predicted molar refractivity (Wildman–Crippen MR) is 64.5 cm³/mol. The normalized spacial score (nSPS) is 22.9. The van der Waals surface area contributed by atoms with Crippen molar-refractivity contribution in [3.05, 3.63) is 0 Å². The highest BCUT2D eigenvalue weighted by Gasteiger charge is 2.31. The van der Waals surface area contributed by atoms with Crippen molar-refractivity contribution >= 4 is 11.9 Å². The molecule has 1 N–H and O–H groups in total. The van der Waals surface area contributed by atoms with Gasteiger partial charge in [0, 0.05) is 13.6 Å². The molecule has 1 unspecified atom stereocenters. The highest BCUT2D eigenvalue weighted by Crippen LogP contribution is 2.19. The third kappa shape index (κ3) is 3.70. The molecule has 2 atom stereocenters. The van der Waals surface area contributed by atoms with Gasteiger partial charge in [0.2, 0.25) is 5.91 Å². The molecular formula is C12H22N2O3. The number of carbonyl (C=O) groups excluding carboxylic acids is 2. The highest BCUT2D eigenvalue weighted by molar-refractivity contribution is 5.81. The van der Waals surface area contributed by atoms with E-state index >= 15 is 0 Å². The van der Waals surface area contributed by atoms with E-state index in [9.17, 15) is 9.59 Å². The first kappa shape index (κ1) is 14.0. The third-order valence-electron chi connectivity index (χ3n) is 3.25. The van der Waals surface area contributed by atoms with Crippen LogP contribution in [-0.2, 0) is 14.3 Å². The van der Waals surface area contributed by atoms with Gasteiger partial charge in [-0.15, -0.1) is 0 Å². The van der Waals surface area contributed by atoms with E-state index in [0.29, 0.717) is 13.2 Å². The quantitative estimate of drug-likeness (QED) is 0.725. The molecule has 0 aromatic carbocycles. The van der Waals surface area contributed by atoms with Gasteiger partial charge in [-0.25, -0.2) is 0 Å². The van der Waals surface area contributed by atoms with Gasteiger partial charge in [-0.05, 0) is 33.2 Å². The maximum atomic E-state index is 11.7. The second-order valence-electron chi connectivity index (χ2n) is 4.38. The van der Waals surface area contributed by atoms with Gasteiger partial charge >= 0.3 is 5.97 Å². The molecule has 0 saturated carbocycles. The first-order valence-electron chi connectivity index (χ1n) is 6.22. The van der Waals surface area contributed by atoms with Crippen molar-refractivity contribution in [2.45, 2.75) is 32.7 Å². The fourth-order valence-electron chi connectivity index (χ4n) is 2.19. The summed E-state index contributed by atoms with van der Waals surface area (Å²) >= 11 is 0. The topological polar surface area (TPSA) is 58.6 Å². The number of amides is 1. The number of nitrogens with zero attached hydrogens (tertiary/aromatic N) is 1. The van der Waals surface area contributed by atoms with Crippen LogP contribution in [0.4, 0.5) is 0 Å². The average Bonchev–Trinajstić information content (AvgIpc) is 2.37. The maximum Gasteiger partial charge on any atom is 0.310 e. The average molecular weight is 242 g/mol. The lowest BCUT2D eigenvalue weighted by atomic mass is 9.97. The Morgan fingerprint density at radius 1 is 1.53 bits per heavy atom. The molecule has 17 heavy (non-hydrogen) atoms. The van der Waals surface area contributed by atoms with E-state index < -0.39 is 0 Å². The van der Waals surface area contributed by atoms with Gasteiger partial charge in [0.1, 0.15) is 0 Å². The Kier molecular flexibility index (Phi) is 5.41. The summed E-state index contributed by atoms with van der Waals surface area (Å²) in [5.74, 6) is -0.230. The molecule has 1 rings (SSSR count). The Labute approximate surface area is 102 Å². The Balaban J connectivity index is 2.54. The van der Waals surface area contributed by atoms with Gasteiger partial charge < -0.3 is 10.1 Å². The van der Waals surface area contributed by atoms with Crippen LogP contribution in [-0.4, -0.2) is 49.6 Å². The minimum atomic E-state index is -0.183. The summed E-state index contributed by atoms with van der Waals surface area (Å²) in [4.78, 5) is 25.2. The van der Waals surface area contributed by atoms with Crippen LogP contribution in [0.25, 0.3) is 0 Å². The lowest BCUT2D eigenvalue weighted by Gasteiger charge is -2.34. The molecule has 0 bridgehead atoms. The third-order valence-corrected chi connectivity index (χ3v) is 3.25.